The molecule has 1 aromatic heterocycles. The zero-order chi connectivity index (χ0) is 18.4. The van der Waals surface area contributed by atoms with Crippen molar-refractivity contribution in [3.63, 3.8) is 0 Å². The molecule has 2 aliphatic rings. The minimum atomic E-state index is -0.0592. The van der Waals surface area contributed by atoms with Crippen molar-refractivity contribution in [2.24, 2.45) is 0 Å². The number of rotatable bonds is 3. The molecule has 27 heavy (non-hydrogen) atoms. The highest BCUT2D eigenvalue weighted by Gasteiger charge is 2.35. The molecule has 1 amide bonds. The van der Waals surface area contributed by atoms with E-state index in [2.05, 4.69) is 28.3 Å². The van der Waals surface area contributed by atoms with Crippen molar-refractivity contribution in [3.05, 3.63) is 65.0 Å². The minimum absolute atomic E-state index is 0.0592. The van der Waals surface area contributed by atoms with E-state index in [0.29, 0.717) is 24.7 Å². The summed E-state index contributed by atoms with van der Waals surface area (Å²) in [5.74, 6) is 1.20. The highest BCUT2D eigenvalue weighted by atomic mass is 16.5. The van der Waals surface area contributed by atoms with Gasteiger partial charge in [0.1, 0.15) is 0 Å². The van der Waals surface area contributed by atoms with Crippen molar-refractivity contribution < 1.29 is 9.32 Å². The van der Waals surface area contributed by atoms with E-state index in [-0.39, 0.29) is 11.8 Å². The van der Waals surface area contributed by atoms with Gasteiger partial charge in [0, 0.05) is 24.2 Å². The van der Waals surface area contributed by atoms with Crippen LogP contribution in [-0.4, -0.2) is 22.6 Å². The summed E-state index contributed by atoms with van der Waals surface area (Å²) >= 11 is 0. The van der Waals surface area contributed by atoms with Gasteiger partial charge in [-0.1, -0.05) is 35.5 Å². The fourth-order valence-corrected chi connectivity index (χ4v) is 4.18. The Morgan fingerprint density at radius 1 is 1.11 bits per heavy atom. The van der Waals surface area contributed by atoms with Crippen LogP contribution >= 0.6 is 0 Å². The first-order valence-corrected chi connectivity index (χ1v) is 9.51. The molecule has 5 heteroatoms. The number of benzene rings is 2. The molecule has 1 unspecified atom stereocenters. The number of anilines is 1. The molecule has 1 saturated heterocycles. The molecule has 136 valence electrons. The third kappa shape index (κ3) is 2.83. The van der Waals surface area contributed by atoms with Gasteiger partial charge in [0.05, 0.1) is 5.92 Å². The second-order valence-corrected chi connectivity index (χ2v) is 7.48. The molecule has 1 fully saturated rings. The second kappa shape index (κ2) is 6.34. The van der Waals surface area contributed by atoms with E-state index in [1.54, 1.807) is 0 Å². The Kier molecular flexibility index (Phi) is 3.81. The SMILES string of the molecule is Cc1ccccc1-c1noc(C2CC(=O)N(c3ccc4c(c3)CCC4)C2)n1. The smallest absolute Gasteiger partial charge is 0.232 e. The molecule has 0 saturated carbocycles. The number of amides is 1. The van der Waals surface area contributed by atoms with Crippen LogP contribution in [0.25, 0.3) is 11.4 Å². The number of carbonyl (C=O) groups excluding carboxylic acids is 1. The molecule has 3 aromatic rings. The van der Waals surface area contributed by atoms with Crippen LogP contribution in [0.15, 0.2) is 47.0 Å². The van der Waals surface area contributed by atoms with E-state index in [0.717, 1.165) is 29.7 Å². The Morgan fingerprint density at radius 2 is 1.96 bits per heavy atom. The summed E-state index contributed by atoms with van der Waals surface area (Å²) < 4.78 is 5.52. The summed E-state index contributed by atoms with van der Waals surface area (Å²) in [6, 6.07) is 14.4. The fraction of sp³-hybridized carbons (Fsp3) is 0.318. The van der Waals surface area contributed by atoms with Gasteiger partial charge in [-0.3, -0.25) is 4.79 Å². The van der Waals surface area contributed by atoms with Gasteiger partial charge in [-0.05, 0) is 55.0 Å². The lowest BCUT2D eigenvalue weighted by Crippen LogP contribution is -2.24. The third-order valence-corrected chi connectivity index (χ3v) is 5.70. The summed E-state index contributed by atoms with van der Waals surface area (Å²) in [7, 11) is 0. The van der Waals surface area contributed by atoms with Crippen molar-refractivity contribution in [1.29, 1.82) is 0 Å². The van der Waals surface area contributed by atoms with E-state index >= 15 is 0 Å². The van der Waals surface area contributed by atoms with Gasteiger partial charge in [-0.15, -0.1) is 0 Å². The minimum Gasteiger partial charge on any atom is -0.339 e. The van der Waals surface area contributed by atoms with Crippen LogP contribution in [0, 0.1) is 6.92 Å². The number of carbonyl (C=O) groups is 1. The van der Waals surface area contributed by atoms with Crippen molar-refractivity contribution in [3.8, 4) is 11.4 Å². The number of hydrogen-bond acceptors (Lipinski definition) is 4. The van der Waals surface area contributed by atoms with Gasteiger partial charge in [-0.2, -0.15) is 4.98 Å². The molecule has 0 bridgehead atoms. The lowest BCUT2D eigenvalue weighted by Gasteiger charge is -2.17. The zero-order valence-corrected chi connectivity index (χ0v) is 15.3. The lowest BCUT2D eigenvalue weighted by atomic mass is 10.1. The predicted octanol–water partition coefficient (Wildman–Crippen LogP) is 4.05. The Bertz CT molecular complexity index is 1020. The topological polar surface area (TPSA) is 59.2 Å². The first-order valence-electron chi connectivity index (χ1n) is 9.51. The Labute approximate surface area is 158 Å². The van der Waals surface area contributed by atoms with Crippen molar-refractivity contribution >= 4 is 11.6 Å². The van der Waals surface area contributed by atoms with E-state index in [9.17, 15) is 4.79 Å². The standard InChI is InChI=1S/C22H21N3O2/c1-14-5-2-3-8-19(14)21-23-22(27-24-21)17-12-20(26)25(13-17)18-10-9-15-6-4-7-16(15)11-18/h2-3,5,8-11,17H,4,6-7,12-13H2,1H3. The van der Waals surface area contributed by atoms with Crippen LogP contribution in [0.3, 0.4) is 0 Å². The van der Waals surface area contributed by atoms with Gasteiger partial charge < -0.3 is 9.42 Å². The summed E-state index contributed by atoms with van der Waals surface area (Å²) in [5.41, 5.74) is 5.85. The number of aromatic nitrogens is 2. The highest BCUT2D eigenvalue weighted by Crippen LogP contribution is 2.34. The van der Waals surface area contributed by atoms with E-state index in [1.165, 1.54) is 17.5 Å². The molecule has 2 heterocycles. The maximum atomic E-state index is 12.6. The summed E-state index contributed by atoms with van der Waals surface area (Å²) in [6.45, 7) is 2.62. The van der Waals surface area contributed by atoms with Crippen molar-refractivity contribution in [1.82, 2.24) is 10.1 Å². The van der Waals surface area contributed by atoms with Crippen LogP contribution in [0.2, 0.25) is 0 Å². The number of fused-ring (bicyclic) bond motifs is 1. The third-order valence-electron chi connectivity index (χ3n) is 5.70. The van der Waals surface area contributed by atoms with Gasteiger partial charge >= 0.3 is 0 Å². The van der Waals surface area contributed by atoms with Crippen molar-refractivity contribution in [2.75, 3.05) is 11.4 Å². The molecule has 1 aliphatic carbocycles. The molecule has 5 nitrogen and oxygen atoms in total. The molecule has 5 rings (SSSR count). The zero-order valence-electron chi connectivity index (χ0n) is 15.3. The normalized spacial score (nSPS) is 18.9. The quantitative estimate of drug-likeness (QED) is 0.708. The van der Waals surface area contributed by atoms with Crippen LogP contribution < -0.4 is 4.90 Å². The van der Waals surface area contributed by atoms with E-state index < -0.39 is 0 Å². The first kappa shape index (κ1) is 16.2. The van der Waals surface area contributed by atoms with Crippen LogP contribution in [-0.2, 0) is 17.6 Å². The Balaban J connectivity index is 1.39. The van der Waals surface area contributed by atoms with Crippen LogP contribution in [0.5, 0.6) is 0 Å². The maximum Gasteiger partial charge on any atom is 0.232 e. The molecule has 0 spiro atoms. The number of hydrogen-bond donors (Lipinski definition) is 0. The van der Waals surface area contributed by atoms with Gasteiger partial charge in [-0.25, -0.2) is 0 Å². The van der Waals surface area contributed by atoms with Gasteiger partial charge in [0.15, 0.2) is 0 Å². The highest BCUT2D eigenvalue weighted by molar-refractivity contribution is 5.96. The average Bonchev–Trinajstić information content (AvgIpc) is 3.40. The number of nitrogens with zero attached hydrogens (tertiary/aromatic N) is 3. The monoisotopic (exact) mass is 359 g/mol. The lowest BCUT2D eigenvalue weighted by molar-refractivity contribution is -0.117. The average molecular weight is 359 g/mol. The van der Waals surface area contributed by atoms with E-state index in [4.69, 9.17) is 4.52 Å². The van der Waals surface area contributed by atoms with Gasteiger partial charge in [0.25, 0.3) is 0 Å². The predicted molar refractivity (Wildman–Crippen MR) is 103 cm³/mol. The fourth-order valence-electron chi connectivity index (χ4n) is 4.18. The molecular formula is C22H21N3O2. The van der Waals surface area contributed by atoms with Crippen molar-refractivity contribution in [2.45, 2.75) is 38.5 Å². The van der Waals surface area contributed by atoms with E-state index in [1.807, 2.05) is 36.1 Å². The Morgan fingerprint density at radius 3 is 2.85 bits per heavy atom. The maximum absolute atomic E-state index is 12.6. The molecule has 2 aromatic carbocycles. The second-order valence-electron chi connectivity index (χ2n) is 7.48. The molecule has 1 atom stereocenters. The summed E-state index contributed by atoms with van der Waals surface area (Å²) in [6.07, 6.45) is 3.87. The van der Waals surface area contributed by atoms with Crippen LogP contribution in [0.1, 0.15) is 41.3 Å². The Hall–Kier alpha value is -2.95. The first-order chi connectivity index (χ1) is 13.2. The molecule has 0 radical (unpaired) electrons. The van der Waals surface area contributed by atoms with Gasteiger partial charge in [0.2, 0.25) is 17.6 Å². The molecule has 0 N–H and O–H groups in total. The summed E-state index contributed by atoms with van der Waals surface area (Å²) in [5, 5.41) is 4.15. The molecule has 1 aliphatic heterocycles. The molecular weight excluding hydrogens is 338 g/mol. The largest absolute Gasteiger partial charge is 0.339 e. The summed E-state index contributed by atoms with van der Waals surface area (Å²) in [4.78, 5) is 19.1. The number of aryl methyl sites for hydroxylation is 3. The van der Waals surface area contributed by atoms with Crippen LogP contribution in [0.4, 0.5) is 5.69 Å².